The van der Waals surface area contributed by atoms with Gasteiger partial charge in [-0.2, -0.15) is 5.10 Å². The van der Waals surface area contributed by atoms with Gasteiger partial charge in [-0.25, -0.2) is 9.97 Å². The van der Waals surface area contributed by atoms with Gasteiger partial charge < -0.3 is 5.32 Å². The van der Waals surface area contributed by atoms with Gasteiger partial charge in [-0.05, 0) is 31.2 Å². The van der Waals surface area contributed by atoms with E-state index in [-0.39, 0.29) is 22.9 Å². The minimum atomic E-state index is -0.320. The molecule has 0 fully saturated rings. The van der Waals surface area contributed by atoms with E-state index in [1.54, 1.807) is 35.1 Å². The predicted octanol–water partition coefficient (Wildman–Crippen LogP) is 3.32. The minimum Gasteiger partial charge on any atom is -0.326 e. The van der Waals surface area contributed by atoms with E-state index in [2.05, 4.69) is 20.4 Å². The van der Waals surface area contributed by atoms with Crippen molar-refractivity contribution in [2.24, 2.45) is 13.0 Å². The molecular formula is C19H21N5O2S. The third-order valence-corrected chi connectivity index (χ3v) is 5.23. The number of thioether (sulfide) groups is 1. The van der Waals surface area contributed by atoms with Crippen molar-refractivity contribution in [1.82, 2.24) is 19.7 Å². The van der Waals surface area contributed by atoms with E-state index in [9.17, 15) is 9.59 Å². The molecule has 8 heteroatoms. The normalized spacial score (nSPS) is 12.3. The third kappa shape index (κ3) is 4.16. The minimum absolute atomic E-state index is 0.00242. The Labute approximate surface area is 161 Å². The molecule has 3 aromatic rings. The van der Waals surface area contributed by atoms with Crippen LogP contribution in [0, 0.1) is 5.92 Å². The van der Waals surface area contributed by atoms with E-state index >= 15 is 0 Å². The number of hydrogen-bond acceptors (Lipinski definition) is 6. The lowest BCUT2D eigenvalue weighted by atomic mass is 10.1. The summed E-state index contributed by atoms with van der Waals surface area (Å²) in [5.74, 6) is -0.153. The number of Topliss-reactive ketones (excluding diaryl/α,β-unsaturated/α-hetero) is 1. The number of rotatable bonds is 6. The summed E-state index contributed by atoms with van der Waals surface area (Å²) in [6.45, 7) is 5.52. The summed E-state index contributed by atoms with van der Waals surface area (Å²) >= 11 is 1.38. The number of nitrogens with zero attached hydrogens (tertiary/aromatic N) is 4. The molecule has 1 amide bonds. The summed E-state index contributed by atoms with van der Waals surface area (Å²) in [6.07, 6.45) is 3.19. The van der Waals surface area contributed by atoms with Gasteiger partial charge in [-0.15, -0.1) is 0 Å². The number of anilines is 1. The van der Waals surface area contributed by atoms with Crippen LogP contribution in [0.2, 0.25) is 0 Å². The molecule has 7 nitrogen and oxygen atoms in total. The first kappa shape index (κ1) is 19.0. The number of nitrogens with one attached hydrogen (secondary N) is 1. The van der Waals surface area contributed by atoms with Gasteiger partial charge in [0.2, 0.25) is 5.91 Å². The van der Waals surface area contributed by atoms with E-state index in [1.807, 2.05) is 27.8 Å². The van der Waals surface area contributed by atoms with Gasteiger partial charge in [0, 0.05) is 24.2 Å². The first-order chi connectivity index (χ1) is 12.9. The van der Waals surface area contributed by atoms with Gasteiger partial charge in [0.15, 0.2) is 11.4 Å². The largest absolute Gasteiger partial charge is 0.326 e. The fraction of sp³-hybridized carbons (Fsp3) is 0.316. The van der Waals surface area contributed by atoms with E-state index in [0.717, 1.165) is 16.1 Å². The average Bonchev–Trinajstić information content (AvgIpc) is 3.04. The van der Waals surface area contributed by atoms with E-state index < -0.39 is 0 Å². The SMILES string of the molecule is CC(C)C(=O)Nc1ccc(C(=O)[C@@H](C)Sc2ncnc3c2cnn3C)cc1. The van der Waals surface area contributed by atoms with Crippen molar-refractivity contribution in [3.63, 3.8) is 0 Å². The molecule has 27 heavy (non-hydrogen) atoms. The Bertz CT molecular complexity index is 981. The summed E-state index contributed by atoms with van der Waals surface area (Å²) < 4.78 is 1.68. The highest BCUT2D eigenvalue weighted by atomic mass is 32.2. The van der Waals surface area contributed by atoms with Crippen LogP contribution in [0.25, 0.3) is 11.0 Å². The van der Waals surface area contributed by atoms with E-state index in [4.69, 9.17) is 0 Å². The summed E-state index contributed by atoms with van der Waals surface area (Å²) in [7, 11) is 1.82. The molecule has 0 spiro atoms. The Kier molecular flexibility index (Phi) is 5.55. The Balaban J connectivity index is 1.72. The number of aromatic nitrogens is 4. The van der Waals surface area contributed by atoms with Crippen LogP contribution in [0.5, 0.6) is 0 Å². The molecule has 2 heterocycles. The maximum absolute atomic E-state index is 12.8. The topological polar surface area (TPSA) is 89.8 Å². The van der Waals surface area contributed by atoms with Gasteiger partial charge in [0.1, 0.15) is 11.4 Å². The molecule has 140 valence electrons. The van der Waals surface area contributed by atoms with Crippen molar-refractivity contribution in [2.45, 2.75) is 31.0 Å². The zero-order valence-electron chi connectivity index (χ0n) is 15.6. The van der Waals surface area contributed by atoms with Crippen molar-refractivity contribution in [3.8, 4) is 0 Å². The standard InChI is InChI=1S/C19H21N5O2S/c1-11(2)18(26)23-14-7-5-13(6-8-14)16(25)12(3)27-19-15-9-22-24(4)17(15)20-10-21-19/h5-12H,1-4H3,(H,23,26)/t12-/m1/s1. The van der Waals surface area contributed by atoms with E-state index in [1.165, 1.54) is 18.1 Å². The zero-order chi connectivity index (χ0) is 19.6. The van der Waals surface area contributed by atoms with Crippen LogP contribution in [0.3, 0.4) is 0 Å². The first-order valence-electron chi connectivity index (χ1n) is 8.61. The van der Waals surface area contributed by atoms with Crippen LogP contribution in [-0.4, -0.2) is 36.7 Å². The molecule has 2 aromatic heterocycles. The first-order valence-corrected chi connectivity index (χ1v) is 9.49. The van der Waals surface area contributed by atoms with Gasteiger partial charge in [0.25, 0.3) is 0 Å². The van der Waals surface area contributed by atoms with Gasteiger partial charge in [-0.3, -0.25) is 14.3 Å². The Morgan fingerprint density at radius 1 is 1.11 bits per heavy atom. The second-order valence-corrected chi connectivity index (χ2v) is 7.86. The Morgan fingerprint density at radius 2 is 1.81 bits per heavy atom. The van der Waals surface area contributed by atoms with Gasteiger partial charge >= 0.3 is 0 Å². The molecule has 0 saturated carbocycles. The molecular weight excluding hydrogens is 362 g/mol. The highest BCUT2D eigenvalue weighted by Gasteiger charge is 2.19. The number of amides is 1. The number of fused-ring (bicyclic) bond motifs is 1. The monoisotopic (exact) mass is 383 g/mol. The number of hydrogen-bond donors (Lipinski definition) is 1. The second-order valence-electron chi connectivity index (χ2n) is 6.53. The lowest BCUT2D eigenvalue weighted by molar-refractivity contribution is -0.118. The fourth-order valence-electron chi connectivity index (χ4n) is 2.49. The fourth-order valence-corrected chi connectivity index (χ4v) is 3.45. The zero-order valence-corrected chi connectivity index (χ0v) is 16.4. The highest BCUT2D eigenvalue weighted by Crippen LogP contribution is 2.29. The molecule has 1 N–H and O–H groups in total. The molecule has 0 aliphatic heterocycles. The lowest BCUT2D eigenvalue weighted by Crippen LogP contribution is -2.18. The lowest BCUT2D eigenvalue weighted by Gasteiger charge is -2.11. The Morgan fingerprint density at radius 3 is 2.48 bits per heavy atom. The summed E-state index contributed by atoms with van der Waals surface area (Å²) in [4.78, 5) is 33.0. The molecule has 0 aliphatic carbocycles. The van der Waals surface area contributed by atoms with Crippen molar-refractivity contribution in [1.29, 1.82) is 0 Å². The molecule has 0 aliphatic rings. The number of benzene rings is 1. The second kappa shape index (κ2) is 7.87. The molecule has 1 aromatic carbocycles. The van der Waals surface area contributed by atoms with Crippen LogP contribution in [0.1, 0.15) is 31.1 Å². The number of aryl methyl sites for hydroxylation is 1. The smallest absolute Gasteiger partial charge is 0.226 e. The van der Waals surface area contributed by atoms with Gasteiger partial charge in [0.05, 0.1) is 16.8 Å². The number of ketones is 1. The molecule has 1 atom stereocenters. The maximum Gasteiger partial charge on any atom is 0.226 e. The summed E-state index contributed by atoms with van der Waals surface area (Å²) in [6, 6.07) is 6.95. The van der Waals surface area contributed by atoms with Crippen LogP contribution < -0.4 is 5.32 Å². The van der Waals surface area contributed by atoms with Crippen LogP contribution in [-0.2, 0) is 11.8 Å². The quantitative estimate of drug-likeness (QED) is 0.399. The van der Waals surface area contributed by atoms with Crippen molar-refractivity contribution >= 4 is 40.2 Å². The predicted molar refractivity (Wildman–Crippen MR) is 106 cm³/mol. The average molecular weight is 383 g/mol. The molecule has 0 bridgehead atoms. The molecule has 0 unspecified atom stereocenters. The highest BCUT2D eigenvalue weighted by molar-refractivity contribution is 8.00. The van der Waals surface area contributed by atoms with Crippen molar-refractivity contribution < 1.29 is 9.59 Å². The Hall–Kier alpha value is -2.74. The van der Waals surface area contributed by atoms with E-state index in [0.29, 0.717) is 11.3 Å². The summed E-state index contributed by atoms with van der Waals surface area (Å²) in [5, 5.41) is 8.25. The molecule has 3 rings (SSSR count). The molecule has 0 saturated heterocycles. The van der Waals surface area contributed by atoms with Crippen molar-refractivity contribution in [2.75, 3.05) is 5.32 Å². The number of carbonyl (C=O) groups excluding carboxylic acids is 2. The summed E-state index contributed by atoms with van der Waals surface area (Å²) in [5.41, 5.74) is 2.00. The molecule has 0 radical (unpaired) electrons. The van der Waals surface area contributed by atoms with Crippen LogP contribution in [0.4, 0.5) is 5.69 Å². The van der Waals surface area contributed by atoms with Crippen LogP contribution in [0.15, 0.2) is 41.8 Å². The number of carbonyl (C=O) groups is 2. The van der Waals surface area contributed by atoms with Gasteiger partial charge in [-0.1, -0.05) is 25.6 Å². The maximum atomic E-state index is 12.8. The van der Waals surface area contributed by atoms with Crippen molar-refractivity contribution in [3.05, 3.63) is 42.4 Å². The van der Waals surface area contributed by atoms with Crippen LogP contribution >= 0.6 is 11.8 Å². The third-order valence-electron chi connectivity index (χ3n) is 4.11.